The summed E-state index contributed by atoms with van der Waals surface area (Å²) in [5, 5.41) is 4.09. The van der Waals surface area contributed by atoms with Crippen LogP contribution in [0.25, 0.3) is 0 Å². The number of nitrogens with zero attached hydrogens (tertiary/aromatic N) is 3. The average Bonchev–Trinajstić information content (AvgIpc) is 2.26. The van der Waals surface area contributed by atoms with E-state index in [1.54, 1.807) is 0 Å². The number of aromatic nitrogens is 3. The molecule has 1 rings (SSSR count). The minimum atomic E-state index is 0.686. The molecule has 62 valence electrons. The van der Waals surface area contributed by atoms with Crippen LogP contribution in [0.1, 0.15) is 25.6 Å². The Morgan fingerprint density at radius 3 is 2.73 bits per heavy atom. The summed E-state index contributed by atoms with van der Waals surface area (Å²) in [4.78, 5) is 4.22. The van der Waals surface area contributed by atoms with Crippen LogP contribution < -0.4 is 0 Å². The Bertz CT molecular complexity index is 232. The van der Waals surface area contributed by atoms with E-state index in [1.165, 1.54) is 12.8 Å². The third-order valence-corrected chi connectivity index (χ3v) is 1.92. The standard InChI is InChI=1S/C7H12BrN3/c1-3-4-5-6-9-7(8)10-11(6)2/h3-5H2,1-2H3. The highest BCUT2D eigenvalue weighted by atomic mass is 79.9. The van der Waals surface area contributed by atoms with Crippen molar-refractivity contribution in [2.45, 2.75) is 26.2 Å². The summed E-state index contributed by atoms with van der Waals surface area (Å²) < 4.78 is 2.51. The lowest BCUT2D eigenvalue weighted by atomic mass is 10.2. The fraction of sp³-hybridized carbons (Fsp3) is 0.714. The topological polar surface area (TPSA) is 30.7 Å². The lowest BCUT2D eigenvalue weighted by Gasteiger charge is -1.95. The monoisotopic (exact) mass is 217 g/mol. The van der Waals surface area contributed by atoms with Crippen LogP contribution in [0, 0.1) is 0 Å². The molecule has 3 nitrogen and oxygen atoms in total. The molecule has 0 aromatic carbocycles. The lowest BCUT2D eigenvalue weighted by Crippen LogP contribution is -1.98. The molecule has 1 aromatic rings. The van der Waals surface area contributed by atoms with E-state index in [1.807, 2.05) is 11.7 Å². The van der Waals surface area contributed by atoms with E-state index in [-0.39, 0.29) is 0 Å². The SMILES string of the molecule is CCCCc1nc(Br)nn1C. The number of hydrogen-bond donors (Lipinski definition) is 0. The number of hydrogen-bond acceptors (Lipinski definition) is 2. The fourth-order valence-electron chi connectivity index (χ4n) is 0.935. The van der Waals surface area contributed by atoms with Gasteiger partial charge in [0.15, 0.2) is 0 Å². The zero-order valence-corrected chi connectivity index (χ0v) is 8.43. The Labute approximate surface area is 75.0 Å². The molecule has 4 heteroatoms. The van der Waals surface area contributed by atoms with Crippen LogP contribution in [-0.4, -0.2) is 14.8 Å². The Balaban J connectivity index is 2.62. The Morgan fingerprint density at radius 2 is 2.27 bits per heavy atom. The molecule has 0 fully saturated rings. The highest BCUT2D eigenvalue weighted by Gasteiger charge is 2.02. The second kappa shape index (κ2) is 3.85. The summed E-state index contributed by atoms with van der Waals surface area (Å²) in [5.41, 5.74) is 0. The third kappa shape index (κ3) is 2.29. The van der Waals surface area contributed by atoms with Gasteiger partial charge in [-0.2, -0.15) is 0 Å². The van der Waals surface area contributed by atoms with Gasteiger partial charge in [-0.05, 0) is 22.4 Å². The van der Waals surface area contributed by atoms with Gasteiger partial charge in [0.1, 0.15) is 5.82 Å². The zero-order chi connectivity index (χ0) is 8.27. The maximum Gasteiger partial charge on any atom is 0.217 e. The predicted molar refractivity (Wildman–Crippen MR) is 47.3 cm³/mol. The third-order valence-electron chi connectivity index (χ3n) is 1.58. The Morgan fingerprint density at radius 1 is 1.55 bits per heavy atom. The predicted octanol–water partition coefficient (Wildman–Crippen LogP) is 1.92. The summed E-state index contributed by atoms with van der Waals surface area (Å²) in [5.74, 6) is 1.05. The van der Waals surface area contributed by atoms with E-state index < -0.39 is 0 Å². The summed E-state index contributed by atoms with van der Waals surface area (Å²) in [6.45, 7) is 2.17. The van der Waals surface area contributed by atoms with Crippen LogP contribution in [0.15, 0.2) is 4.73 Å². The Hall–Kier alpha value is -0.380. The van der Waals surface area contributed by atoms with E-state index >= 15 is 0 Å². The molecule has 1 heterocycles. The molecule has 0 aliphatic carbocycles. The van der Waals surface area contributed by atoms with Crippen molar-refractivity contribution in [2.24, 2.45) is 7.05 Å². The quantitative estimate of drug-likeness (QED) is 0.775. The summed E-state index contributed by atoms with van der Waals surface area (Å²) in [6, 6.07) is 0. The number of aryl methyl sites for hydroxylation is 2. The van der Waals surface area contributed by atoms with Gasteiger partial charge in [-0.15, -0.1) is 5.10 Å². The van der Waals surface area contributed by atoms with Gasteiger partial charge in [0.2, 0.25) is 4.73 Å². The van der Waals surface area contributed by atoms with Crippen LogP contribution in [0.4, 0.5) is 0 Å². The van der Waals surface area contributed by atoms with Gasteiger partial charge in [-0.3, -0.25) is 4.68 Å². The molecule has 0 spiro atoms. The van der Waals surface area contributed by atoms with Crippen LogP contribution in [0.5, 0.6) is 0 Å². The van der Waals surface area contributed by atoms with E-state index in [2.05, 4.69) is 32.9 Å². The fourth-order valence-corrected chi connectivity index (χ4v) is 1.38. The molecule has 0 amide bonds. The first-order valence-electron chi connectivity index (χ1n) is 3.79. The van der Waals surface area contributed by atoms with E-state index in [4.69, 9.17) is 0 Å². The molecule has 0 bridgehead atoms. The first-order chi connectivity index (χ1) is 5.24. The van der Waals surface area contributed by atoms with Gasteiger partial charge in [0.05, 0.1) is 0 Å². The first-order valence-corrected chi connectivity index (χ1v) is 4.58. The van der Waals surface area contributed by atoms with E-state index in [0.717, 1.165) is 12.2 Å². The average molecular weight is 218 g/mol. The molecule has 0 unspecified atom stereocenters. The molecule has 0 atom stereocenters. The van der Waals surface area contributed by atoms with Crippen LogP contribution in [0.2, 0.25) is 0 Å². The highest BCUT2D eigenvalue weighted by molar-refractivity contribution is 9.10. The van der Waals surface area contributed by atoms with Gasteiger partial charge < -0.3 is 0 Å². The molecule has 0 saturated carbocycles. The van der Waals surface area contributed by atoms with E-state index in [0.29, 0.717) is 4.73 Å². The molecule has 0 radical (unpaired) electrons. The minimum absolute atomic E-state index is 0.686. The minimum Gasteiger partial charge on any atom is -0.252 e. The second-order valence-corrected chi connectivity index (χ2v) is 3.23. The maximum atomic E-state index is 4.22. The first kappa shape index (κ1) is 8.71. The van der Waals surface area contributed by atoms with Crippen LogP contribution in [0.3, 0.4) is 0 Å². The van der Waals surface area contributed by atoms with Crippen molar-refractivity contribution in [3.63, 3.8) is 0 Å². The largest absolute Gasteiger partial charge is 0.252 e. The Kier molecular flexibility index (Phi) is 3.05. The zero-order valence-electron chi connectivity index (χ0n) is 6.84. The molecule has 0 aliphatic heterocycles. The van der Waals surface area contributed by atoms with Crippen molar-refractivity contribution in [1.82, 2.24) is 14.8 Å². The van der Waals surface area contributed by atoms with Gasteiger partial charge in [-0.25, -0.2) is 4.98 Å². The van der Waals surface area contributed by atoms with Crippen LogP contribution in [-0.2, 0) is 13.5 Å². The summed E-state index contributed by atoms with van der Waals surface area (Å²) in [7, 11) is 1.92. The normalized spacial score (nSPS) is 10.5. The van der Waals surface area contributed by atoms with Gasteiger partial charge >= 0.3 is 0 Å². The molecule has 11 heavy (non-hydrogen) atoms. The molecular weight excluding hydrogens is 206 g/mol. The van der Waals surface area contributed by atoms with Crippen molar-refractivity contribution >= 4 is 15.9 Å². The van der Waals surface area contributed by atoms with Gasteiger partial charge in [-0.1, -0.05) is 13.3 Å². The van der Waals surface area contributed by atoms with E-state index in [9.17, 15) is 0 Å². The lowest BCUT2D eigenvalue weighted by molar-refractivity contribution is 0.663. The molecular formula is C7H12BrN3. The molecule has 0 N–H and O–H groups in total. The molecule has 0 saturated heterocycles. The second-order valence-electron chi connectivity index (χ2n) is 2.52. The number of unbranched alkanes of at least 4 members (excludes halogenated alkanes) is 1. The summed E-state index contributed by atoms with van der Waals surface area (Å²) >= 11 is 3.23. The number of rotatable bonds is 3. The van der Waals surface area contributed by atoms with Crippen molar-refractivity contribution in [1.29, 1.82) is 0 Å². The maximum absolute atomic E-state index is 4.22. The van der Waals surface area contributed by atoms with Crippen LogP contribution >= 0.6 is 15.9 Å². The molecule has 1 aromatic heterocycles. The van der Waals surface area contributed by atoms with Gasteiger partial charge in [0, 0.05) is 13.5 Å². The van der Waals surface area contributed by atoms with Crippen molar-refractivity contribution in [3.8, 4) is 0 Å². The smallest absolute Gasteiger partial charge is 0.217 e. The van der Waals surface area contributed by atoms with Crippen molar-refractivity contribution in [2.75, 3.05) is 0 Å². The molecule has 0 aliphatic rings. The highest BCUT2D eigenvalue weighted by Crippen LogP contribution is 2.06. The summed E-state index contributed by atoms with van der Waals surface area (Å²) in [6.07, 6.45) is 3.40. The van der Waals surface area contributed by atoms with Gasteiger partial charge in [0.25, 0.3) is 0 Å². The van der Waals surface area contributed by atoms with Crippen molar-refractivity contribution < 1.29 is 0 Å². The van der Waals surface area contributed by atoms with Crippen molar-refractivity contribution in [3.05, 3.63) is 10.6 Å². The number of halogens is 1.